The number of rotatable bonds is 16. The number of hydrogen-bond donors (Lipinski definition) is 6. The van der Waals surface area contributed by atoms with Crippen LogP contribution in [0.2, 0.25) is 0 Å². The first-order chi connectivity index (χ1) is 12.7. The molecular formula is C18H34O9. The average molecular weight is 394 g/mol. The summed E-state index contributed by atoms with van der Waals surface area (Å²) in [5.74, 6) is -5.02. The van der Waals surface area contributed by atoms with E-state index >= 15 is 0 Å². The lowest BCUT2D eigenvalue weighted by Crippen LogP contribution is -2.42. The van der Waals surface area contributed by atoms with Crippen molar-refractivity contribution in [2.75, 3.05) is 13.2 Å². The summed E-state index contributed by atoms with van der Waals surface area (Å²) in [6, 6.07) is 0. The smallest absolute Gasteiger partial charge is 0.336 e. The molecule has 27 heavy (non-hydrogen) atoms. The monoisotopic (exact) mass is 394 g/mol. The van der Waals surface area contributed by atoms with E-state index in [2.05, 4.69) is 0 Å². The Bertz CT molecular complexity index is 382. The van der Waals surface area contributed by atoms with Crippen molar-refractivity contribution in [1.82, 2.24) is 0 Å². The highest BCUT2D eigenvalue weighted by Crippen LogP contribution is 2.15. The fourth-order valence-electron chi connectivity index (χ4n) is 2.35. The number of aliphatic hydroxyl groups excluding tert-OH is 2. The minimum Gasteiger partial charge on any atom is -0.481 e. The molecule has 0 amide bonds. The topological polar surface area (TPSA) is 173 Å². The van der Waals surface area contributed by atoms with Crippen LogP contribution in [0.3, 0.4) is 0 Å². The van der Waals surface area contributed by atoms with Crippen molar-refractivity contribution in [2.24, 2.45) is 0 Å². The minimum absolute atomic E-state index is 0.348. The molecule has 0 rings (SSSR count). The molecule has 0 saturated heterocycles. The SMILES string of the molecule is O=C(O)CC(O)(CC(=O)O)C(=O)O.OCCCCCCCCCCCCO. The number of carboxylic acids is 3. The van der Waals surface area contributed by atoms with Crippen molar-refractivity contribution in [3.8, 4) is 0 Å². The highest BCUT2D eigenvalue weighted by molar-refractivity contribution is 5.88. The third kappa shape index (κ3) is 18.9. The highest BCUT2D eigenvalue weighted by atomic mass is 16.4. The number of carbonyl (C=O) groups is 3. The Labute approximate surface area is 159 Å². The molecule has 0 aliphatic carbocycles. The van der Waals surface area contributed by atoms with E-state index < -0.39 is 36.4 Å². The van der Waals surface area contributed by atoms with E-state index in [1.54, 1.807) is 0 Å². The summed E-state index contributed by atoms with van der Waals surface area (Å²) in [6.07, 6.45) is 9.88. The number of aliphatic carboxylic acids is 3. The number of unbranched alkanes of at least 4 members (excludes halogenated alkanes) is 9. The van der Waals surface area contributed by atoms with Crippen LogP contribution in [0.25, 0.3) is 0 Å². The van der Waals surface area contributed by atoms with Crippen LogP contribution < -0.4 is 0 Å². The van der Waals surface area contributed by atoms with Gasteiger partial charge in [-0.15, -0.1) is 0 Å². The Morgan fingerprint density at radius 1 is 0.556 bits per heavy atom. The van der Waals surface area contributed by atoms with Gasteiger partial charge in [-0.3, -0.25) is 9.59 Å². The normalized spacial score (nSPS) is 10.8. The molecule has 0 aliphatic heterocycles. The van der Waals surface area contributed by atoms with Crippen molar-refractivity contribution < 1.29 is 45.0 Å². The van der Waals surface area contributed by atoms with Gasteiger partial charge < -0.3 is 30.6 Å². The van der Waals surface area contributed by atoms with Gasteiger partial charge in [-0.1, -0.05) is 51.4 Å². The van der Waals surface area contributed by atoms with Gasteiger partial charge in [0.05, 0.1) is 12.8 Å². The van der Waals surface area contributed by atoms with Crippen molar-refractivity contribution >= 4 is 17.9 Å². The van der Waals surface area contributed by atoms with Crippen LogP contribution in [0.15, 0.2) is 0 Å². The number of carboxylic acid groups (broad SMARTS) is 3. The van der Waals surface area contributed by atoms with Crippen LogP contribution >= 0.6 is 0 Å². The second-order valence-corrected chi connectivity index (χ2v) is 6.46. The third-order valence-electron chi connectivity index (χ3n) is 3.85. The Morgan fingerprint density at radius 2 is 0.815 bits per heavy atom. The molecule has 0 aromatic heterocycles. The zero-order chi connectivity index (χ0) is 21.1. The lowest BCUT2D eigenvalue weighted by molar-refractivity contribution is -0.170. The molecule has 9 heteroatoms. The standard InChI is InChI=1S/C12H26O2.C6H8O7/c13-11-9-7-5-3-1-2-4-6-8-10-12-14;7-3(8)1-6(13,5(11)12)2-4(9)10/h13-14H,1-12H2;13H,1-2H2,(H,7,8)(H,9,10)(H,11,12). The molecule has 0 bridgehead atoms. The van der Waals surface area contributed by atoms with E-state index in [4.69, 9.17) is 30.6 Å². The molecular weight excluding hydrogens is 360 g/mol. The van der Waals surface area contributed by atoms with E-state index in [0.717, 1.165) is 12.8 Å². The van der Waals surface area contributed by atoms with Gasteiger partial charge in [-0.25, -0.2) is 4.79 Å². The van der Waals surface area contributed by atoms with Gasteiger partial charge in [0.25, 0.3) is 0 Å². The molecule has 0 atom stereocenters. The molecule has 0 heterocycles. The first kappa shape index (κ1) is 27.5. The van der Waals surface area contributed by atoms with Crippen molar-refractivity contribution in [2.45, 2.75) is 82.7 Å². The zero-order valence-electron chi connectivity index (χ0n) is 15.8. The second-order valence-electron chi connectivity index (χ2n) is 6.46. The van der Waals surface area contributed by atoms with Gasteiger partial charge >= 0.3 is 17.9 Å². The summed E-state index contributed by atoms with van der Waals surface area (Å²) in [5.41, 5.74) is -2.74. The molecule has 0 aromatic carbocycles. The molecule has 0 fully saturated rings. The van der Waals surface area contributed by atoms with Gasteiger partial charge in [0, 0.05) is 13.2 Å². The Balaban J connectivity index is 0. The van der Waals surface area contributed by atoms with Crippen LogP contribution in [0, 0.1) is 0 Å². The summed E-state index contributed by atoms with van der Waals surface area (Å²) in [4.78, 5) is 30.5. The maximum Gasteiger partial charge on any atom is 0.336 e. The van der Waals surface area contributed by atoms with Gasteiger partial charge in [-0.05, 0) is 12.8 Å². The van der Waals surface area contributed by atoms with Crippen LogP contribution in [0.5, 0.6) is 0 Å². The molecule has 9 nitrogen and oxygen atoms in total. The fourth-order valence-corrected chi connectivity index (χ4v) is 2.35. The maximum absolute atomic E-state index is 10.3. The maximum atomic E-state index is 10.3. The van der Waals surface area contributed by atoms with Crippen LogP contribution in [0.4, 0.5) is 0 Å². The number of hydrogen-bond acceptors (Lipinski definition) is 6. The highest BCUT2D eigenvalue weighted by Gasteiger charge is 2.40. The first-order valence-electron chi connectivity index (χ1n) is 9.30. The van der Waals surface area contributed by atoms with Crippen molar-refractivity contribution in [3.05, 3.63) is 0 Å². The zero-order valence-corrected chi connectivity index (χ0v) is 15.8. The van der Waals surface area contributed by atoms with Gasteiger partial charge in [0.15, 0.2) is 5.60 Å². The summed E-state index contributed by atoms with van der Waals surface area (Å²) in [5, 5.41) is 50.9. The van der Waals surface area contributed by atoms with Gasteiger partial charge in [0.2, 0.25) is 0 Å². The molecule has 0 radical (unpaired) electrons. The quantitative estimate of drug-likeness (QED) is 0.213. The molecule has 0 aromatic rings. The van der Waals surface area contributed by atoms with E-state index in [1.807, 2.05) is 0 Å². The van der Waals surface area contributed by atoms with Crippen LogP contribution in [-0.2, 0) is 14.4 Å². The minimum atomic E-state index is -2.74. The van der Waals surface area contributed by atoms with E-state index in [-0.39, 0.29) is 0 Å². The summed E-state index contributed by atoms with van der Waals surface area (Å²) in [6.45, 7) is 0.697. The molecule has 0 aliphatic rings. The summed E-state index contributed by atoms with van der Waals surface area (Å²) < 4.78 is 0. The van der Waals surface area contributed by atoms with Gasteiger partial charge in [0.1, 0.15) is 0 Å². The molecule has 6 N–H and O–H groups in total. The largest absolute Gasteiger partial charge is 0.481 e. The predicted octanol–water partition coefficient (Wildman–Crippen LogP) is 1.62. The van der Waals surface area contributed by atoms with Crippen molar-refractivity contribution in [1.29, 1.82) is 0 Å². The van der Waals surface area contributed by atoms with E-state index in [0.29, 0.717) is 13.2 Å². The first-order valence-corrected chi connectivity index (χ1v) is 9.30. The van der Waals surface area contributed by atoms with Crippen LogP contribution in [0.1, 0.15) is 77.0 Å². The molecule has 0 unspecified atom stereocenters. The van der Waals surface area contributed by atoms with Crippen molar-refractivity contribution in [3.63, 3.8) is 0 Å². The Morgan fingerprint density at radius 3 is 1.00 bits per heavy atom. The predicted molar refractivity (Wildman–Crippen MR) is 97.4 cm³/mol. The molecule has 160 valence electrons. The molecule has 0 saturated carbocycles. The van der Waals surface area contributed by atoms with E-state index in [1.165, 1.54) is 51.4 Å². The number of aliphatic hydroxyl groups is 3. The van der Waals surface area contributed by atoms with Crippen LogP contribution in [-0.4, -0.2) is 67.4 Å². The molecule has 0 spiro atoms. The average Bonchev–Trinajstić information content (AvgIpc) is 2.55. The van der Waals surface area contributed by atoms with Gasteiger partial charge in [-0.2, -0.15) is 0 Å². The fraction of sp³-hybridized carbons (Fsp3) is 0.833. The summed E-state index contributed by atoms with van der Waals surface area (Å²) >= 11 is 0. The lowest BCUT2D eigenvalue weighted by Gasteiger charge is -2.18. The van der Waals surface area contributed by atoms with E-state index in [9.17, 15) is 14.4 Å². The second kappa shape index (κ2) is 17.7. The Kier molecular flexibility index (Phi) is 18.0. The lowest BCUT2D eigenvalue weighted by atomic mass is 9.96. The Hall–Kier alpha value is -1.71. The summed E-state index contributed by atoms with van der Waals surface area (Å²) in [7, 11) is 0. The third-order valence-corrected chi connectivity index (χ3v) is 3.85.